The maximum absolute atomic E-state index is 13.5. The van der Waals surface area contributed by atoms with Gasteiger partial charge in [0.05, 0.1) is 11.1 Å². The van der Waals surface area contributed by atoms with Gasteiger partial charge in [0.15, 0.2) is 0 Å². The summed E-state index contributed by atoms with van der Waals surface area (Å²) in [6.45, 7) is 0.323. The minimum Gasteiger partial charge on any atom is -0.448 e. The van der Waals surface area contributed by atoms with E-state index in [1.54, 1.807) is 6.07 Å². The first-order valence-electron chi connectivity index (χ1n) is 11.4. The molecule has 0 spiro atoms. The maximum atomic E-state index is 13.5. The monoisotopic (exact) mass is 459 g/mol. The lowest BCUT2D eigenvalue weighted by molar-refractivity contribution is 0.0866. The Morgan fingerprint density at radius 2 is 1.67 bits per heavy atom. The van der Waals surface area contributed by atoms with Crippen LogP contribution in [-0.2, 0) is 4.74 Å². The van der Waals surface area contributed by atoms with Gasteiger partial charge in [0.2, 0.25) is 0 Å². The van der Waals surface area contributed by atoms with E-state index in [0.29, 0.717) is 18.1 Å². The van der Waals surface area contributed by atoms with Crippen LogP contribution in [0.3, 0.4) is 0 Å². The minimum absolute atomic E-state index is 0.0180. The van der Waals surface area contributed by atoms with Crippen molar-refractivity contribution in [1.29, 1.82) is 0 Å². The van der Waals surface area contributed by atoms with Crippen molar-refractivity contribution in [3.63, 3.8) is 0 Å². The van der Waals surface area contributed by atoms with E-state index in [1.165, 1.54) is 34.4 Å². The predicted molar refractivity (Wildman–Crippen MR) is 128 cm³/mol. The highest BCUT2D eigenvalue weighted by Gasteiger charge is 2.41. The van der Waals surface area contributed by atoms with Gasteiger partial charge in [-0.15, -0.1) is 0 Å². The quantitative estimate of drug-likeness (QED) is 0.420. The van der Waals surface area contributed by atoms with E-state index in [4.69, 9.17) is 16.3 Å². The van der Waals surface area contributed by atoms with Gasteiger partial charge in [0.25, 0.3) is 0 Å². The Labute approximate surface area is 197 Å². The van der Waals surface area contributed by atoms with Gasteiger partial charge < -0.3 is 4.74 Å². The van der Waals surface area contributed by atoms with Crippen LogP contribution < -0.4 is 0 Å². The number of fused-ring (bicyclic) bond motifs is 5. The van der Waals surface area contributed by atoms with Gasteiger partial charge in [0, 0.05) is 12.0 Å². The molecule has 3 aromatic rings. The second-order valence-corrected chi connectivity index (χ2v) is 9.44. The third-order valence-electron chi connectivity index (χ3n) is 7.22. The summed E-state index contributed by atoms with van der Waals surface area (Å²) in [4.78, 5) is 15.1. The molecule has 0 N–H and O–H groups in total. The van der Waals surface area contributed by atoms with Crippen LogP contribution in [0.5, 0.6) is 0 Å². The Bertz CT molecular complexity index is 1240. The molecule has 6 rings (SSSR count). The molecular weight excluding hydrogens is 437 g/mol. The number of hydrogen-bond acceptors (Lipinski definition) is 2. The molecule has 1 saturated heterocycles. The molecule has 3 aromatic carbocycles. The first-order chi connectivity index (χ1) is 16.1. The van der Waals surface area contributed by atoms with Crippen molar-refractivity contribution >= 4 is 23.3 Å². The Morgan fingerprint density at radius 3 is 2.33 bits per heavy atom. The van der Waals surface area contributed by atoms with Crippen molar-refractivity contribution in [3.8, 4) is 11.1 Å². The summed E-state index contributed by atoms with van der Waals surface area (Å²) in [7, 11) is 0. The topological polar surface area (TPSA) is 29.5 Å². The molecular formula is C28H23ClFNO2. The van der Waals surface area contributed by atoms with E-state index in [2.05, 4.69) is 30.3 Å². The largest absolute Gasteiger partial charge is 0.448 e. The zero-order chi connectivity index (χ0) is 22.5. The van der Waals surface area contributed by atoms with Crippen LogP contribution in [-0.4, -0.2) is 29.7 Å². The van der Waals surface area contributed by atoms with Crippen LogP contribution in [0.25, 0.3) is 16.7 Å². The first kappa shape index (κ1) is 20.5. The molecule has 2 atom stereocenters. The van der Waals surface area contributed by atoms with Gasteiger partial charge in [-0.2, -0.15) is 0 Å². The number of ether oxygens (including phenoxy) is 1. The van der Waals surface area contributed by atoms with E-state index < -0.39 is 0 Å². The average Bonchev–Trinajstić information content (AvgIpc) is 3.28. The Kier molecular flexibility index (Phi) is 4.99. The van der Waals surface area contributed by atoms with Crippen LogP contribution in [0.1, 0.15) is 41.9 Å². The fourth-order valence-corrected chi connectivity index (χ4v) is 6.02. The number of hydrogen-bond donors (Lipinski definition) is 0. The van der Waals surface area contributed by atoms with Gasteiger partial charge >= 0.3 is 6.09 Å². The summed E-state index contributed by atoms with van der Waals surface area (Å²) in [5.41, 5.74) is 6.78. The molecule has 2 unspecified atom stereocenters. The zero-order valence-electron chi connectivity index (χ0n) is 18.0. The third kappa shape index (κ3) is 3.44. The SMILES string of the molecule is O=C(OCC1c2ccccc2-c2ccccc21)N1C2C=C(c3ccc(F)cc3Cl)CC1CC2. The maximum Gasteiger partial charge on any atom is 0.410 e. The number of benzene rings is 3. The Balaban J connectivity index is 1.21. The number of rotatable bonds is 3. The van der Waals surface area contributed by atoms with Crippen LogP contribution in [0.15, 0.2) is 72.8 Å². The number of carbonyl (C=O) groups excluding carboxylic acids is 1. The molecule has 3 nitrogen and oxygen atoms in total. The summed E-state index contributed by atoms with van der Waals surface area (Å²) >= 11 is 6.30. The Morgan fingerprint density at radius 1 is 0.970 bits per heavy atom. The summed E-state index contributed by atoms with van der Waals surface area (Å²) in [5, 5.41) is 0.412. The van der Waals surface area contributed by atoms with Gasteiger partial charge in [-0.25, -0.2) is 9.18 Å². The standard InChI is InChI=1S/C28H23ClFNO2/c29-27-15-18(30)9-12-21(27)17-13-19-10-11-20(14-17)31(19)28(32)33-16-26-24-7-3-1-5-22(24)23-6-2-4-8-25(23)26/h1-9,12-13,15,19-20,26H,10-11,14,16H2. The molecule has 33 heavy (non-hydrogen) atoms. The van der Waals surface area contributed by atoms with Crippen LogP contribution in [0, 0.1) is 5.82 Å². The van der Waals surface area contributed by atoms with E-state index in [1.807, 2.05) is 29.2 Å². The van der Waals surface area contributed by atoms with Gasteiger partial charge in [-0.3, -0.25) is 4.90 Å². The molecule has 3 aliphatic rings. The molecule has 2 aliphatic heterocycles. The normalized spacial score (nSPS) is 20.9. The molecule has 1 aliphatic carbocycles. The number of nitrogens with zero attached hydrogens (tertiary/aromatic N) is 1. The van der Waals surface area contributed by atoms with Crippen molar-refractivity contribution in [1.82, 2.24) is 4.90 Å². The molecule has 0 radical (unpaired) electrons. The molecule has 5 heteroatoms. The van der Waals surface area contributed by atoms with Crippen molar-refractivity contribution in [2.45, 2.75) is 37.3 Å². The van der Waals surface area contributed by atoms with E-state index >= 15 is 0 Å². The highest BCUT2D eigenvalue weighted by atomic mass is 35.5. The van der Waals surface area contributed by atoms with Crippen molar-refractivity contribution in [2.24, 2.45) is 0 Å². The highest BCUT2D eigenvalue weighted by molar-refractivity contribution is 6.32. The van der Waals surface area contributed by atoms with Gasteiger partial charge in [-0.05, 0) is 64.8 Å². The van der Waals surface area contributed by atoms with Crippen molar-refractivity contribution in [2.75, 3.05) is 6.61 Å². The predicted octanol–water partition coefficient (Wildman–Crippen LogP) is 7.05. The summed E-state index contributed by atoms with van der Waals surface area (Å²) < 4.78 is 19.4. The lowest BCUT2D eigenvalue weighted by Crippen LogP contribution is -2.43. The lowest BCUT2D eigenvalue weighted by Gasteiger charge is -2.33. The highest BCUT2D eigenvalue weighted by Crippen LogP contribution is 2.45. The van der Waals surface area contributed by atoms with Crippen LogP contribution in [0.4, 0.5) is 9.18 Å². The molecule has 2 heterocycles. The third-order valence-corrected chi connectivity index (χ3v) is 7.53. The fraction of sp³-hybridized carbons (Fsp3) is 0.250. The van der Waals surface area contributed by atoms with E-state index in [9.17, 15) is 9.18 Å². The van der Waals surface area contributed by atoms with Gasteiger partial charge in [0.1, 0.15) is 12.4 Å². The molecule has 0 saturated carbocycles. The lowest BCUT2D eigenvalue weighted by atomic mass is 9.95. The number of carbonyl (C=O) groups is 1. The minimum atomic E-state index is -0.344. The second-order valence-electron chi connectivity index (χ2n) is 9.03. The zero-order valence-corrected chi connectivity index (χ0v) is 18.8. The molecule has 0 aromatic heterocycles. The van der Waals surface area contributed by atoms with Crippen LogP contribution >= 0.6 is 11.6 Å². The van der Waals surface area contributed by atoms with Crippen LogP contribution in [0.2, 0.25) is 5.02 Å². The summed E-state index contributed by atoms with van der Waals surface area (Å²) in [6.07, 6.45) is 4.37. The average molecular weight is 460 g/mol. The second kappa shape index (κ2) is 8.03. The van der Waals surface area contributed by atoms with E-state index in [0.717, 1.165) is 24.0 Å². The summed E-state index contributed by atoms with van der Waals surface area (Å²) in [6, 6.07) is 21.3. The number of amides is 1. The van der Waals surface area contributed by atoms with Crippen molar-refractivity contribution < 1.29 is 13.9 Å². The molecule has 2 bridgehead atoms. The van der Waals surface area contributed by atoms with E-state index in [-0.39, 0.29) is 29.9 Å². The van der Waals surface area contributed by atoms with Gasteiger partial charge in [-0.1, -0.05) is 72.3 Å². The molecule has 166 valence electrons. The fourth-order valence-electron chi connectivity index (χ4n) is 5.73. The molecule has 1 amide bonds. The Hall–Kier alpha value is -3.11. The smallest absolute Gasteiger partial charge is 0.410 e. The number of halogens is 2. The molecule has 1 fully saturated rings. The van der Waals surface area contributed by atoms with Crippen molar-refractivity contribution in [3.05, 3.63) is 100 Å². The first-order valence-corrected chi connectivity index (χ1v) is 11.8. The summed E-state index contributed by atoms with van der Waals surface area (Å²) in [5.74, 6) is -0.295.